The first kappa shape index (κ1) is 12.5. The number of carbonyl (C=O) groups excluding carboxylic acids is 1. The van der Waals surface area contributed by atoms with E-state index in [1.807, 2.05) is 13.8 Å². The van der Waals surface area contributed by atoms with Gasteiger partial charge in [-0.15, -0.1) is 0 Å². The molecule has 0 saturated heterocycles. The number of nitrogens with one attached hydrogen (secondary N) is 1. The average Bonchev–Trinajstić information content (AvgIpc) is 2.25. The van der Waals surface area contributed by atoms with Gasteiger partial charge in [-0.2, -0.15) is 0 Å². The Bertz CT molecular complexity index is 380. The van der Waals surface area contributed by atoms with Crippen LogP contribution in [0, 0.1) is 5.92 Å². The van der Waals surface area contributed by atoms with Gasteiger partial charge in [0.1, 0.15) is 5.69 Å². The van der Waals surface area contributed by atoms with Gasteiger partial charge in [-0.3, -0.25) is 9.78 Å². The molecule has 1 aromatic heterocycles. The van der Waals surface area contributed by atoms with Crippen LogP contribution < -0.4 is 11.1 Å². The SMILES string of the molecule is CC(C)C(NC(=O)c1cnccn1)C(N)=S. The molecule has 0 fully saturated rings. The van der Waals surface area contributed by atoms with Crippen molar-refractivity contribution in [3.63, 3.8) is 0 Å². The fraction of sp³-hybridized carbons (Fsp3) is 0.400. The first-order chi connectivity index (χ1) is 7.52. The predicted molar refractivity (Wildman–Crippen MR) is 64.9 cm³/mol. The van der Waals surface area contributed by atoms with Gasteiger partial charge in [-0.1, -0.05) is 26.1 Å². The molecule has 6 heteroatoms. The molecule has 0 bridgehead atoms. The second-order valence-electron chi connectivity index (χ2n) is 3.69. The highest BCUT2D eigenvalue weighted by Gasteiger charge is 2.20. The molecule has 0 aromatic carbocycles. The lowest BCUT2D eigenvalue weighted by molar-refractivity contribution is 0.0934. The standard InChI is InChI=1S/C10H14N4OS/c1-6(2)8(9(11)16)14-10(15)7-5-12-3-4-13-7/h3-6,8H,1-2H3,(H2,11,16)(H,14,15). The number of hydrogen-bond acceptors (Lipinski definition) is 4. The molecule has 1 unspecified atom stereocenters. The van der Waals surface area contributed by atoms with E-state index in [9.17, 15) is 4.79 Å². The molecule has 86 valence electrons. The van der Waals surface area contributed by atoms with Crippen LogP contribution in [0.5, 0.6) is 0 Å². The smallest absolute Gasteiger partial charge is 0.272 e. The summed E-state index contributed by atoms with van der Waals surface area (Å²) in [5.41, 5.74) is 5.80. The number of hydrogen-bond donors (Lipinski definition) is 2. The molecule has 0 spiro atoms. The van der Waals surface area contributed by atoms with Crippen LogP contribution in [0.2, 0.25) is 0 Å². The number of aromatic nitrogens is 2. The number of thiocarbonyl (C=S) groups is 1. The van der Waals surface area contributed by atoms with Gasteiger partial charge in [0.25, 0.3) is 5.91 Å². The van der Waals surface area contributed by atoms with Gasteiger partial charge in [-0.25, -0.2) is 4.98 Å². The summed E-state index contributed by atoms with van der Waals surface area (Å²) in [5, 5.41) is 2.72. The van der Waals surface area contributed by atoms with Crippen molar-refractivity contribution in [1.82, 2.24) is 15.3 Å². The van der Waals surface area contributed by atoms with E-state index in [0.717, 1.165) is 0 Å². The van der Waals surface area contributed by atoms with Crippen molar-refractivity contribution in [3.05, 3.63) is 24.3 Å². The van der Waals surface area contributed by atoms with Gasteiger partial charge >= 0.3 is 0 Å². The Morgan fingerprint density at radius 2 is 2.19 bits per heavy atom. The maximum Gasteiger partial charge on any atom is 0.272 e. The van der Waals surface area contributed by atoms with E-state index in [1.165, 1.54) is 18.6 Å². The molecule has 3 N–H and O–H groups in total. The highest BCUT2D eigenvalue weighted by molar-refractivity contribution is 7.80. The Labute approximate surface area is 99.5 Å². The fourth-order valence-electron chi connectivity index (χ4n) is 1.20. The van der Waals surface area contributed by atoms with Crippen molar-refractivity contribution in [2.24, 2.45) is 11.7 Å². The summed E-state index contributed by atoms with van der Waals surface area (Å²) in [4.78, 5) is 19.7. The first-order valence-electron chi connectivity index (χ1n) is 4.88. The topological polar surface area (TPSA) is 80.9 Å². The Morgan fingerprint density at radius 3 is 2.62 bits per heavy atom. The second kappa shape index (κ2) is 5.50. The van der Waals surface area contributed by atoms with E-state index in [4.69, 9.17) is 18.0 Å². The number of nitrogens with two attached hydrogens (primary N) is 1. The van der Waals surface area contributed by atoms with E-state index in [1.54, 1.807) is 0 Å². The van der Waals surface area contributed by atoms with Crippen LogP contribution >= 0.6 is 12.2 Å². The predicted octanol–water partition coefficient (Wildman–Crippen LogP) is 0.517. The van der Waals surface area contributed by atoms with E-state index in [2.05, 4.69) is 15.3 Å². The van der Waals surface area contributed by atoms with E-state index < -0.39 is 0 Å². The lowest BCUT2D eigenvalue weighted by atomic mass is 10.0. The lowest BCUT2D eigenvalue weighted by Gasteiger charge is -2.20. The Kier molecular flexibility index (Phi) is 4.30. The molecule has 0 saturated carbocycles. The molecule has 1 atom stereocenters. The quantitative estimate of drug-likeness (QED) is 0.747. The number of amides is 1. The summed E-state index contributed by atoms with van der Waals surface area (Å²) in [6.07, 6.45) is 4.36. The minimum atomic E-state index is -0.329. The van der Waals surface area contributed by atoms with Crippen LogP contribution in [0.4, 0.5) is 0 Å². The normalized spacial score (nSPS) is 12.2. The minimum absolute atomic E-state index is 0.137. The van der Waals surface area contributed by atoms with Gasteiger partial charge < -0.3 is 11.1 Å². The summed E-state index contributed by atoms with van der Waals surface area (Å²) < 4.78 is 0. The van der Waals surface area contributed by atoms with Crippen molar-refractivity contribution in [3.8, 4) is 0 Å². The van der Waals surface area contributed by atoms with Crippen molar-refractivity contribution < 1.29 is 4.79 Å². The number of rotatable bonds is 4. The summed E-state index contributed by atoms with van der Waals surface area (Å²) in [6.45, 7) is 3.86. The summed E-state index contributed by atoms with van der Waals surface area (Å²) in [7, 11) is 0. The highest BCUT2D eigenvalue weighted by Crippen LogP contribution is 2.03. The third-order valence-electron chi connectivity index (χ3n) is 2.06. The molecule has 16 heavy (non-hydrogen) atoms. The lowest BCUT2D eigenvalue weighted by Crippen LogP contribution is -2.47. The molecule has 1 rings (SSSR count). The van der Waals surface area contributed by atoms with Crippen LogP contribution in [0.25, 0.3) is 0 Å². The summed E-state index contributed by atoms with van der Waals surface area (Å²) >= 11 is 4.89. The summed E-state index contributed by atoms with van der Waals surface area (Å²) in [6, 6.07) is -0.329. The molecule has 0 aliphatic carbocycles. The molecule has 0 aliphatic rings. The summed E-state index contributed by atoms with van der Waals surface area (Å²) in [5.74, 6) is -0.183. The maximum absolute atomic E-state index is 11.7. The number of carbonyl (C=O) groups is 1. The van der Waals surface area contributed by atoms with Crippen LogP contribution in [-0.2, 0) is 0 Å². The largest absolute Gasteiger partial charge is 0.392 e. The highest BCUT2D eigenvalue weighted by atomic mass is 32.1. The van der Waals surface area contributed by atoms with Gasteiger partial charge in [0, 0.05) is 12.4 Å². The first-order valence-corrected chi connectivity index (χ1v) is 5.29. The molecule has 0 radical (unpaired) electrons. The molecule has 5 nitrogen and oxygen atoms in total. The molecular formula is C10H14N4OS. The van der Waals surface area contributed by atoms with Crippen LogP contribution in [0.3, 0.4) is 0 Å². The van der Waals surface area contributed by atoms with Gasteiger partial charge in [0.15, 0.2) is 0 Å². The zero-order valence-corrected chi connectivity index (χ0v) is 9.99. The van der Waals surface area contributed by atoms with Crippen LogP contribution in [0.15, 0.2) is 18.6 Å². The van der Waals surface area contributed by atoms with Gasteiger partial charge in [-0.05, 0) is 5.92 Å². The minimum Gasteiger partial charge on any atom is -0.392 e. The van der Waals surface area contributed by atoms with Crippen molar-refractivity contribution in [1.29, 1.82) is 0 Å². The van der Waals surface area contributed by atoms with E-state index in [0.29, 0.717) is 0 Å². The maximum atomic E-state index is 11.7. The molecule has 0 aliphatic heterocycles. The van der Waals surface area contributed by atoms with Crippen molar-refractivity contribution >= 4 is 23.1 Å². The molecule has 1 heterocycles. The van der Waals surface area contributed by atoms with Crippen molar-refractivity contribution in [2.45, 2.75) is 19.9 Å². The Morgan fingerprint density at radius 1 is 1.50 bits per heavy atom. The zero-order chi connectivity index (χ0) is 12.1. The van der Waals surface area contributed by atoms with E-state index >= 15 is 0 Å². The van der Waals surface area contributed by atoms with Gasteiger partial charge in [0.2, 0.25) is 0 Å². The van der Waals surface area contributed by atoms with E-state index in [-0.39, 0.29) is 28.5 Å². The fourth-order valence-corrected chi connectivity index (χ4v) is 1.53. The monoisotopic (exact) mass is 238 g/mol. The third-order valence-corrected chi connectivity index (χ3v) is 2.31. The number of nitrogens with zero attached hydrogens (tertiary/aromatic N) is 2. The van der Waals surface area contributed by atoms with Crippen LogP contribution in [0.1, 0.15) is 24.3 Å². The second-order valence-corrected chi connectivity index (χ2v) is 4.16. The Balaban J connectivity index is 2.74. The van der Waals surface area contributed by atoms with Gasteiger partial charge in [0.05, 0.1) is 17.2 Å². The molecule has 1 aromatic rings. The Hall–Kier alpha value is -1.56. The molecule has 1 amide bonds. The average molecular weight is 238 g/mol. The molecular weight excluding hydrogens is 224 g/mol. The third kappa shape index (κ3) is 3.23. The zero-order valence-electron chi connectivity index (χ0n) is 9.18. The van der Waals surface area contributed by atoms with Crippen molar-refractivity contribution in [2.75, 3.05) is 0 Å². The van der Waals surface area contributed by atoms with Crippen LogP contribution in [-0.4, -0.2) is 26.9 Å².